The number of carbonyl (C=O) groups is 1. The maximum absolute atomic E-state index is 13.3. The highest BCUT2D eigenvalue weighted by Crippen LogP contribution is 2.24. The van der Waals surface area contributed by atoms with Crippen molar-refractivity contribution >= 4 is 40.3 Å². The van der Waals surface area contributed by atoms with Crippen molar-refractivity contribution in [3.8, 4) is 0 Å². The van der Waals surface area contributed by atoms with Crippen LogP contribution >= 0.6 is 23.2 Å². The Balaban J connectivity index is 1.97. The van der Waals surface area contributed by atoms with Gasteiger partial charge < -0.3 is 9.47 Å². The molecule has 2 heterocycles. The van der Waals surface area contributed by atoms with Crippen molar-refractivity contribution in [2.75, 3.05) is 6.54 Å². The fraction of sp³-hybridized carbons (Fsp3) is 0.409. The Kier molecular flexibility index (Phi) is 7.14. The van der Waals surface area contributed by atoms with Crippen molar-refractivity contribution < 1.29 is 4.79 Å². The van der Waals surface area contributed by atoms with Crippen LogP contribution < -0.4 is 0 Å². The molecular weight excluding hydrogens is 407 g/mol. The first-order valence-electron chi connectivity index (χ1n) is 9.95. The summed E-state index contributed by atoms with van der Waals surface area (Å²) in [4.78, 5) is 24.4. The normalized spacial score (nSPS) is 11.4. The number of nitrogens with zero attached hydrogens (tertiary/aromatic N) is 4. The van der Waals surface area contributed by atoms with Crippen molar-refractivity contribution in [1.82, 2.24) is 19.4 Å². The molecule has 1 aromatic carbocycles. The molecule has 0 unspecified atom stereocenters. The standard InChI is InChI=1S/C22H26Cl2N4O/c1-4-11-28-20(26-19-6-5-10-25-21(19)28)14-27(12-9-15(2)3)22(29)17-13-16(23)7-8-18(17)24/h5-8,10,13,15H,4,9,11-12,14H2,1-3H3. The zero-order valence-corrected chi connectivity index (χ0v) is 18.5. The zero-order chi connectivity index (χ0) is 21.0. The van der Waals surface area contributed by atoms with Crippen LogP contribution in [0.3, 0.4) is 0 Å². The number of pyridine rings is 1. The number of hydrogen-bond donors (Lipinski definition) is 0. The predicted octanol–water partition coefficient (Wildman–Crippen LogP) is 5.84. The van der Waals surface area contributed by atoms with Gasteiger partial charge in [-0.1, -0.05) is 44.0 Å². The van der Waals surface area contributed by atoms with Gasteiger partial charge in [-0.3, -0.25) is 4.79 Å². The van der Waals surface area contributed by atoms with Crippen molar-refractivity contribution in [1.29, 1.82) is 0 Å². The third-order valence-electron chi connectivity index (χ3n) is 4.78. The van der Waals surface area contributed by atoms with E-state index < -0.39 is 0 Å². The van der Waals surface area contributed by atoms with E-state index in [4.69, 9.17) is 28.2 Å². The number of carbonyl (C=O) groups excluding carboxylic acids is 1. The molecule has 3 rings (SSSR count). The van der Waals surface area contributed by atoms with Crippen LogP contribution in [-0.2, 0) is 13.1 Å². The summed E-state index contributed by atoms with van der Waals surface area (Å²) in [5, 5.41) is 0.890. The molecule has 0 atom stereocenters. The number of imidazole rings is 1. The number of rotatable bonds is 8. The Morgan fingerprint density at radius 3 is 2.76 bits per heavy atom. The Bertz CT molecular complexity index is 1000. The van der Waals surface area contributed by atoms with E-state index in [2.05, 4.69) is 30.3 Å². The fourth-order valence-corrected chi connectivity index (χ4v) is 3.62. The van der Waals surface area contributed by atoms with Gasteiger partial charge >= 0.3 is 0 Å². The summed E-state index contributed by atoms with van der Waals surface area (Å²) in [6.45, 7) is 8.21. The minimum atomic E-state index is -0.138. The van der Waals surface area contributed by atoms with Gasteiger partial charge in [0.05, 0.1) is 17.1 Å². The second kappa shape index (κ2) is 9.59. The molecule has 0 fully saturated rings. The highest BCUT2D eigenvalue weighted by atomic mass is 35.5. The van der Waals surface area contributed by atoms with Gasteiger partial charge in [-0.05, 0) is 49.1 Å². The van der Waals surface area contributed by atoms with Gasteiger partial charge in [0.2, 0.25) is 0 Å². The molecule has 0 saturated carbocycles. The van der Waals surface area contributed by atoms with Gasteiger partial charge in [0.25, 0.3) is 5.91 Å². The Morgan fingerprint density at radius 2 is 2.03 bits per heavy atom. The van der Waals surface area contributed by atoms with Gasteiger partial charge in [-0.25, -0.2) is 9.97 Å². The van der Waals surface area contributed by atoms with Gasteiger partial charge in [0.1, 0.15) is 11.3 Å². The molecule has 1 amide bonds. The number of fused-ring (bicyclic) bond motifs is 1. The van der Waals surface area contributed by atoms with Crippen molar-refractivity contribution in [3.63, 3.8) is 0 Å². The van der Waals surface area contributed by atoms with Gasteiger partial charge in [0, 0.05) is 24.3 Å². The quantitative estimate of drug-likeness (QED) is 0.449. The molecule has 2 aromatic heterocycles. The topological polar surface area (TPSA) is 51.0 Å². The van der Waals surface area contributed by atoms with Crippen molar-refractivity contribution in [2.24, 2.45) is 5.92 Å². The lowest BCUT2D eigenvalue weighted by atomic mass is 10.1. The first kappa shape index (κ1) is 21.6. The van der Waals surface area contributed by atoms with Gasteiger partial charge in [0.15, 0.2) is 5.65 Å². The third kappa shape index (κ3) is 5.09. The molecule has 0 radical (unpaired) electrons. The number of aryl methyl sites for hydroxylation is 1. The molecule has 154 valence electrons. The van der Waals surface area contributed by atoms with Crippen molar-refractivity contribution in [3.05, 3.63) is 58.0 Å². The summed E-state index contributed by atoms with van der Waals surface area (Å²) in [6.07, 6.45) is 3.61. The monoisotopic (exact) mass is 432 g/mol. The molecule has 29 heavy (non-hydrogen) atoms. The predicted molar refractivity (Wildman–Crippen MR) is 118 cm³/mol. The van der Waals surface area contributed by atoms with E-state index >= 15 is 0 Å². The highest BCUT2D eigenvalue weighted by Gasteiger charge is 2.22. The minimum absolute atomic E-state index is 0.138. The lowest BCUT2D eigenvalue weighted by Gasteiger charge is -2.24. The lowest BCUT2D eigenvalue weighted by Crippen LogP contribution is -2.33. The molecule has 0 spiro atoms. The highest BCUT2D eigenvalue weighted by molar-refractivity contribution is 6.35. The van der Waals surface area contributed by atoms with Crippen LogP contribution in [0.25, 0.3) is 11.2 Å². The summed E-state index contributed by atoms with van der Waals surface area (Å²) >= 11 is 12.4. The Hall–Kier alpha value is -2.11. The average molecular weight is 433 g/mol. The fourth-order valence-electron chi connectivity index (χ4n) is 3.25. The summed E-state index contributed by atoms with van der Waals surface area (Å²) in [5.41, 5.74) is 2.11. The van der Waals surface area contributed by atoms with Crippen LogP contribution in [0.5, 0.6) is 0 Å². The van der Waals surface area contributed by atoms with Crippen LogP contribution in [0.2, 0.25) is 10.0 Å². The molecule has 3 aromatic rings. The summed E-state index contributed by atoms with van der Waals surface area (Å²) in [7, 11) is 0. The molecule has 0 aliphatic carbocycles. The number of aromatic nitrogens is 3. The van der Waals surface area contributed by atoms with E-state index in [-0.39, 0.29) is 5.91 Å². The van der Waals surface area contributed by atoms with E-state index in [1.807, 2.05) is 17.0 Å². The van der Waals surface area contributed by atoms with Gasteiger partial charge in [-0.2, -0.15) is 0 Å². The van der Waals surface area contributed by atoms with Crippen molar-refractivity contribution in [2.45, 2.75) is 46.7 Å². The number of benzene rings is 1. The average Bonchev–Trinajstić information content (AvgIpc) is 3.04. The third-order valence-corrected chi connectivity index (χ3v) is 5.35. The lowest BCUT2D eigenvalue weighted by molar-refractivity contribution is 0.0729. The van der Waals surface area contributed by atoms with E-state index in [0.29, 0.717) is 34.6 Å². The second-order valence-electron chi connectivity index (χ2n) is 7.56. The van der Waals surface area contributed by atoms with Crippen LogP contribution in [-0.4, -0.2) is 31.9 Å². The van der Waals surface area contributed by atoms with E-state index in [1.54, 1.807) is 24.4 Å². The largest absolute Gasteiger partial charge is 0.331 e. The van der Waals surface area contributed by atoms with E-state index in [1.165, 1.54) is 0 Å². The zero-order valence-electron chi connectivity index (χ0n) is 17.0. The van der Waals surface area contributed by atoms with E-state index in [0.717, 1.165) is 36.4 Å². The Labute approximate surface area is 181 Å². The first-order chi connectivity index (χ1) is 13.9. The molecule has 5 nitrogen and oxygen atoms in total. The SMILES string of the molecule is CCCn1c(CN(CCC(C)C)C(=O)c2cc(Cl)ccc2Cl)nc2cccnc21. The number of amides is 1. The molecular formula is C22H26Cl2N4O. The second-order valence-corrected chi connectivity index (χ2v) is 8.40. The van der Waals surface area contributed by atoms with E-state index in [9.17, 15) is 4.79 Å². The summed E-state index contributed by atoms with van der Waals surface area (Å²) in [5.74, 6) is 1.16. The maximum atomic E-state index is 13.3. The number of halogens is 2. The van der Waals surface area contributed by atoms with Crippen LogP contribution in [0.15, 0.2) is 36.5 Å². The smallest absolute Gasteiger partial charge is 0.255 e. The van der Waals surface area contributed by atoms with Gasteiger partial charge in [-0.15, -0.1) is 0 Å². The van der Waals surface area contributed by atoms with Crippen LogP contribution in [0.1, 0.15) is 49.8 Å². The Morgan fingerprint density at radius 1 is 1.24 bits per heavy atom. The number of hydrogen-bond acceptors (Lipinski definition) is 3. The molecule has 7 heteroatoms. The van der Waals surface area contributed by atoms with Crippen LogP contribution in [0, 0.1) is 5.92 Å². The molecule has 0 aliphatic heterocycles. The minimum Gasteiger partial charge on any atom is -0.331 e. The molecule has 0 N–H and O–H groups in total. The summed E-state index contributed by atoms with van der Waals surface area (Å²) in [6, 6.07) is 8.81. The summed E-state index contributed by atoms with van der Waals surface area (Å²) < 4.78 is 2.10. The van der Waals surface area contributed by atoms with Crippen LogP contribution in [0.4, 0.5) is 0 Å². The molecule has 0 aliphatic rings. The first-order valence-corrected chi connectivity index (χ1v) is 10.7. The molecule has 0 bridgehead atoms. The maximum Gasteiger partial charge on any atom is 0.255 e. The molecule has 0 saturated heterocycles.